The number of nitrogens with zero attached hydrogens (tertiary/aromatic N) is 1. The quantitative estimate of drug-likeness (QED) is 0.746. The number of hydrogen-bond donors (Lipinski definition) is 1. The first-order chi connectivity index (χ1) is 6.62. The molecule has 14 heavy (non-hydrogen) atoms. The molecule has 0 radical (unpaired) electrons. The maximum atomic E-state index is 9.27. The fourth-order valence-corrected chi connectivity index (χ4v) is 3.13. The van der Waals surface area contributed by atoms with Gasteiger partial charge in [0.15, 0.2) is 0 Å². The third kappa shape index (κ3) is 1.96. The van der Waals surface area contributed by atoms with Gasteiger partial charge in [-0.05, 0) is 31.7 Å². The van der Waals surface area contributed by atoms with Crippen LogP contribution in [0.2, 0.25) is 0 Å². The number of aliphatic hydroxyl groups is 1. The zero-order valence-corrected chi connectivity index (χ0v) is 9.50. The van der Waals surface area contributed by atoms with Crippen LogP contribution in [-0.4, -0.2) is 35.7 Å². The lowest BCUT2D eigenvalue weighted by molar-refractivity contribution is 0.0940. The van der Waals surface area contributed by atoms with Crippen molar-refractivity contribution < 1.29 is 5.11 Å². The minimum Gasteiger partial charge on any atom is -0.396 e. The van der Waals surface area contributed by atoms with E-state index in [9.17, 15) is 5.11 Å². The number of aliphatic hydroxyl groups excluding tert-OH is 1. The van der Waals surface area contributed by atoms with E-state index in [4.69, 9.17) is 0 Å². The zero-order valence-electron chi connectivity index (χ0n) is 9.50. The number of fused-ring (bicyclic) bond motifs is 1. The smallest absolute Gasteiger partial charge is 0.0494 e. The number of hydrogen-bond acceptors (Lipinski definition) is 2. The Bertz CT molecular complexity index is 202. The molecule has 1 saturated heterocycles. The summed E-state index contributed by atoms with van der Waals surface area (Å²) in [4.78, 5) is 2.62. The van der Waals surface area contributed by atoms with Crippen molar-refractivity contribution in [2.45, 2.75) is 45.6 Å². The Morgan fingerprint density at radius 2 is 2.07 bits per heavy atom. The van der Waals surface area contributed by atoms with Crippen LogP contribution < -0.4 is 0 Å². The number of likely N-dealkylation sites (tertiary alicyclic amines) is 1. The molecule has 2 unspecified atom stereocenters. The van der Waals surface area contributed by atoms with E-state index in [1.807, 2.05) is 0 Å². The maximum absolute atomic E-state index is 9.27. The Kier molecular flexibility index (Phi) is 2.85. The molecular weight excluding hydrogens is 174 g/mol. The largest absolute Gasteiger partial charge is 0.396 e. The lowest BCUT2D eigenvalue weighted by Gasteiger charge is -2.32. The normalized spacial score (nSPS) is 33.6. The summed E-state index contributed by atoms with van der Waals surface area (Å²) in [5.74, 6) is 0.976. The van der Waals surface area contributed by atoms with Crippen molar-refractivity contribution in [2.75, 3.05) is 19.7 Å². The Morgan fingerprint density at radius 3 is 2.79 bits per heavy atom. The molecule has 1 saturated carbocycles. The van der Waals surface area contributed by atoms with Crippen molar-refractivity contribution in [2.24, 2.45) is 11.3 Å². The molecule has 2 fully saturated rings. The van der Waals surface area contributed by atoms with Gasteiger partial charge in [-0.3, -0.25) is 4.90 Å². The average Bonchev–Trinajstić information content (AvgIpc) is 2.70. The van der Waals surface area contributed by atoms with E-state index in [2.05, 4.69) is 18.7 Å². The van der Waals surface area contributed by atoms with Crippen LogP contribution in [0.5, 0.6) is 0 Å². The van der Waals surface area contributed by atoms with E-state index >= 15 is 0 Å². The average molecular weight is 197 g/mol. The minimum atomic E-state index is 0.0808. The lowest BCUT2D eigenvalue weighted by Crippen LogP contribution is -2.39. The Balaban J connectivity index is 1.93. The molecule has 0 aromatic carbocycles. The van der Waals surface area contributed by atoms with Crippen molar-refractivity contribution in [1.82, 2.24) is 4.90 Å². The lowest BCUT2D eigenvalue weighted by atomic mass is 9.93. The molecular formula is C12H23NO. The highest BCUT2D eigenvalue weighted by molar-refractivity contribution is 4.93. The molecule has 0 spiro atoms. The van der Waals surface area contributed by atoms with Crippen LogP contribution in [0.1, 0.15) is 39.5 Å². The summed E-state index contributed by atoms with van der Waals surface area (Å²) in [6.45, 7) is 6.97. The second kappa shape index (κ2) is 3.82. The van der Waals surface area contributed by atoms with Crippen molar-refractivity contribution in [3.05, 3.63) is 0 Å². The fraction of sp³-hybridized carbons (Fsp3) is 1.00. The van der Waals surface area contributed by atoms with E-state index in [-0.39, 0.29) is 5.41 Å². The van der Waals surface area contributed by atoms with Gasteiger partial charge in [0, 0.05) is 24.6 Å². The van der Waals surface area contributed by atoms with Crippen molar-refractivity contribution in [1.29, 1.82) is 0 Å². The van der Waals surface area contributed by atoms with Gasteiger partial charge in [-0.15, -0.1) is 0 Å². The summed E-state index contributed by atoms with van der Waals surface area (Å²) in [6, 6.07) is 0.848. The summed E-state index contributed by atoms with van der Waals surface area (Å²) >= 11 is 0. The van der Waals surface area contributed by atoms with Crippen LogP contribution in [0.25, 0.3) is 0 Å². The molecule has 2 atom stereocenters. The zero-order chi connectivity index (χ0) is 10.2. The molecule has 1 N–H and O–H groups in total. The van der Waals surface area contributed by atoms with Crippen molar-refractivity contribution in [3.63, 3.8) is 0 Å². The summed E-state index contributed by atoms with van der Waals surface area (Å²) in [5, 5.41) is 9.27. The molecule has 0 bridgehead atoms. The van der Waals surface area contributed by atoms with Gasteiger partial charge in [0.2, 0.25) is 0 Å². The van der Waals surface area contributed by atoms with Crippen molar-refractivity contribution >= 4 is 0 Å². The van der Waals surface area contributed by atoms with Gasteiger partial charge in [0.1, 0.15) is 0 Å². The second-order valence-electron chi connectivity index (χ2n) is 5.84. The van der Waals surface area contributed by atoms with Gasteiger partial charge in [-0.25, -0.2) is 0 Å². The van der Waals surface area contributed by atoms with Gasteiger partial charge in [-0.1, -0.05) is 20.3 Å². The van der Waals surface area contributed by atoms with E-state index in [0.717, 1.165) is 18.5 Å². The molecule has 2 heteroatoms. The van der Waals surface area contributed by atoms with E-state index in [0.29, 0.717) is 6.61 Å². The van der Waals surface area contributed by atoms with Gasteiger partial charge < -0.3 is 5.11 Å². The first-order valence-corrected chi connectivity index (χ1v) is 5.97. The summed E-state index contributed by atoms with van der Waals surface area (Å²) < 4.78 is 0. The standard InChI is InChI=1S/C12H23NO/c1-12(2,9-14)8-13-7-6-10-4-3-5-11(10)13/h10-11,14H,3-9H2,1-2H3. The summed E-state index contributed by atoms with van der Waals surface area (Å²) in [7, 11) is 0. The molecule has 1 aliphatic carbocycles. The Hall–Kier alpha value is -0.0800. The van der Waals surface area contributed by atoms with Gasteiger partial charge in [0.25, 0.3) is 0 Å². The Morgan fingerprint density at radius 1 is 1.29 bits per heavy atom. The first kappa shape index (κ1) is 10.4. The van der Waals surface area contributed by atoms with Crippen LogP contribution in [0.4, 0.5) is 0 Å². The second-order valence-corrected chi connectivity index (χ2v) is 5.84. The molecule has 2 rings (SSSR count). The fourth-order valence-electron chi connectivity index (χ4n) is 3.13. The van der Waals surface area contributed by atoms with Crippen LogP contribution in [0.15, 0.2) is 0 Å². The molecule has 2 nitrogen and oxygen atoms in total. The highest BCUT2D eigenvalue weighted by Crippen LogP contribution is 2.38. The van der Waals surface area contributed by atoms with E-state index < -0.39 is 0 Å². The topological polar surface area (TPSA) is 23.5 Å². The van der Waals surface area contributed by atoms with Crippen LogP contribution in [0, 0.1) is 11.3 Å². The molecule has 82 valence electrons. The highest BCUT2D eigenvalue weighted by atomic mass is 16.3. The third-order valence-electron chi connectivity index (χ3n) is 3.93. The predicted octanol–water partition coefficient (Wildman–Crippen LogP) is 1.88. The number of rotatable bonds is 3. The van der Waals surface area contributed by atoms with Crippen LogP contribution >= 0.6 is 0 Å². The van der Waals surface area contributed by atoms with Crippen LogP contribution in [0.3, 0.4) is 0 Å². The predicted molar refractivity (Wildman–Crippen MR) is 58.2 cm³/mol. The first-order valence-electron chi connectivity index (χ1n) is 5.97. The third-order valence-corrected chi connectivity index (χ3v) is 3.93. The maximum Gasteiger partial charge on any atom is 0.0494 e. The Labute approximate surface area is 87.3 Å². The van der Waals surface area contributed by atoms with Gasteiger partial charge in [0.05, 0.1) is 0 Å². The molecule has 0 amide bonds. The highest BCUT2D eigenvalue weighted by Gasteiger charge is 2.39. The van der Waals surface area contributed by atoms with E-state index in [1.165, 1.54) is 32.2 Å². The van der Waals surface area contributed by atoms with E-state index in [1.54, 1.807) is 0 Å². The summed E-state index contributed by atoms with van der Waals surface area (Å²) in [5.41, 5.74) is 0.0808. The summed E-state index contributed by atoms with van der Waals surface area (Å²) in [6.07, 6.45) is 5.66. The van der Waals surface area contributed by atoms with Gasteiger partial charge in [-0.2, -0.15) is 0 Å². The molecule has 2 aliphatic rings. The molecule has 0 aromatic rings. The SMILES string of the molecule is CC(C)(CO)CN1CCC2CCCC21. The van der Waals surface area contributed by atoms with Crippen molar-refractivity contribution in [3.8, 4) is 0 Å². The van der Waals surface area contributed by atoms with Crippen LogP contribution in [-0.2, 0) is 0 Å². The molecule has 1 heterocycles. The van der Waals surface area contributed by atoms with Gasteiger partial charge >= 0.3 is 0 Å². The monoisotopic (exact) mass is 197 g/mol. The molecule has 1 aliphatic heterocycles. The molecule has 0 aromatic heterocycles. The minimum absolute atomic E-state index is 0.0808.